The molecule has 7 heteroatoms. The SMILES string of the molecule is Cn1nnc(Br)c1C(NN)c1csc2ccccc12. The van der Waals surface area contributed by atoms with Gasteiger partial charge in [-0.05, 0) is 38.3 Å². The maximum absolute atomic E-state index is 5.75. The van der Waals surface area contributed by atoms with E-state index in [4.69, 9.17) is 5.84 Å². The van der Waals surface area contributed by atoms with Crippen molar-refractivity contribution in [3.8, 4) is 0 Å². The monoisotopic (exact) mass is 337 g/mol. The fourth-order valence-electron chi connectivity index (χ4n) is 2.18. The number of nitrogens with zero attached hydrogens (tertiary/aromatic N) is 3. The summed E-state index contributed by atoms with van der Waals surface area (Å²) >= 11 is 5.13. The number of halogens is 1. The second-order valence-electron chi connectivity index (χ2n) is 4.18. The zero-order valence-corrected chi connectivity index (χ0v) is 12.6. The first kappa shape index (κ1) is 12.7. The average molecular weight is 338 g/mol. The van der Waals surface area contributed by atoms with E-state index in [-0.39, 0.29) is 6.04 Å². The largest absolute Gasteiger partial charge is 0.271 e. The average Bonchev–Trinajstić information content (AvgIpc) is 2.98. The van der Waals surface area contributed by atoms with Crippen molar-refractivity contribution < 1.29 is 0 Å². The highest BCUT2D eigenvalue weighted by molar-refractivity contribution is 9.10. The van der Waals surface area contributed by atoms with Crippen molar-refractivity contribution in [1.29, 1.82) is 0 Å². The lowest BCUT2D eigenvalue weighted by Gasteiger charge is -2.15. The number of nitrogens with one attached hydrogen (secondary N) is 1. The molecule has 0 aliphatic carbocycles. The number of aromatic nitrogens is 3. The molecule has 1 atom stereocenters. The number of hydrazine groups is 1. The molecule has 19 heavy (non-hydrogen) atoms. The molecule has 2 aromatic heterocycles. The molecular weight excluding hydrogens is 326 g/mol. The summed E-state index contributed by atoms with van der Waals surface area (Å²) in [4.78, 5) is 0. The minimum atomic E-state index is -0.148. The number of fused-ring (bicyclic) bond motifs is 1. The summed E-state index contributed by atoms with van der Waals surface area (Å²) in [6.45, 7) is 0. The first-order valence-corrected chi connectivity index (χ1v) is 7.37. The van der Waals surface area contributed by atoms with Crippen LogP contribution in [0.3, 0.4) is 0 Å². The number of hydrogen-bond donors (Lipinski definition) is 2. The van der Waals surface area contributed by atoms with Gasteiger partial charge in [0.15, 0.2) is 4.60 Å². The topological polar surface area (TPSA) is 68.8 Å². The van der Waals surface area contributed by atoms with Gasteiger partial charge in [0.25, 0.3) is 0 Å². The summed E-state index contributed by atoms with van der Waals surface area (Å²) in [7, 11) is 1.85. The van der Waals surface area contributed by atoms with E-state index in [0.29, 0.717) is 4.60 Å². The summed E-state index contributed by atoms with van der Waals surface area (Å²) < 4.78 is 3.67. The summed E-state index contributed by atoms with van der Waals surface area (Å²) in [5, 5.41) is 11.3. The third-order valence-electron chi connectivity index (χ3n) is 3.09. The first-order chi connectivity index (χ1) is 9.22. The molecule has 0 spiro atoms. The number of thiophene rings is 1. The Morgan fingerprint density at radius 2 is 2.21 bits per heavy atom. The van der Waals surface area contributed by atoms with Gasteiger partial charge in [-0.3, -0.25) is 5.84 Å². The lowest BCUT2D eigenvalue weighted by Crippen LogP contribution is -2.30. The number of rotatable bonds is 3. The summed E-state index contributed by atoms with van der Waals surface area (Å²) in [5.41, 5.74) is 4.90. The van der Waals surface area contributed by atoms with Crippen LogP contribution >= 0.6 is 27.3 Å². The van der Waals surface area contributed by atoms with Crippen molar-refractivity contribution in [3.63, 3.8) is 0 Å². The Kier molecular flexibility index (Phi) is 3.36. The highest BCUT2D eigenvalue weighted by atomic mass is 79.9. The van der Waals surface area contributed by atoms with Crippen LogP contribution in [0, 0.1) is 0 Å². The minimum absolute atomic E-state index is 0.148. The molecule has 1 unspecified atom stereocenters. The highest BCUT2D eigenvalue weighted by Gasteiger charge is 2.23. The van der Waals surface area contributed by atoms with Crippen molar-refractivity contribution in [2.75, 3.05) is 0 Å². The maximum atomic E-state index is 5.75. The van der Waals surface area contributed by atoms with E-state index >= 15 is 0 Å². The van der Waals surface area contributed by atoms with Crippen molar-refractivity contribution in [3.05, 3.63) is 45.5 Å². The molecule has 0 bridgehead atoms. The molecule has 98 valence electrons. The maximum Gasteiger partial charge on any atom is 0.153 e. The Labute approximate surface area is 122 Å². The van der Waals surface area contributed by atoms with Crippen molar-refractivity contribution in [1.82, 2.24) is 20.4 Å². The molecule has 0 radical (unpaired) electrons. The third kappa shape index (κ3) is 2.08. The zero-order chi connectivity index (χ0) is 13.4. The molecule has 1 aromatic carbocycles. The Morgan fingerprint density at radius 1 is 1.42 bits per heavy atom. The molecule has 0 fully saturated rings. The number of aryl methyl sites for hydroxylation is 1. The predicted octanol–water partition coefficient (Wildman–Crippen LogP) is 2.34. The van der Waals surface area contributed by atoms with E-state index in [2.05, 4.69) is 49.2 Å². The van der Waals surface area contributed by atoms with E-state index in [1.165, 1.54) is 10.1 Å². The normalized spacial score (nSPS) is 13.0. The number of benzene rings is 1. The third-order valence-corrected chi connectivity index (χ3v) is 4.64. The number of hydrogen-bond acceptors (Lipinski definition) is 5. The van der Waals surface area contributed by atoms with E-state index in [1.54, 1.807) is 16.0 Å². The van der Waals surface area contributed by atoms with E-state index in [9.17, 15) is 0 Å². The molecule has 0 saturated heterocycles. The second-order valence-corrected chi connectivity index (χ2v) is 5.84. The van der Waals surface area contributed by atoms with Crippen LogP contribution in [0.25, 0.3) is 10.1 Å². The second kappa shape index (κ2) is 5.01. The lowest BCUT2D eigenvalue weighted by molar-refractivity contribution is 0.572. The van der Waals surface area contributed by atoms with Gasteiger partial charge in [0.1, 0.15) is 0 Å². The van der Waals surface area contributed by atoms with Crippen LogP contribution in [0.4, 0.5) is 0 Å². The van der Waals surface area contributed by atoms with Gasteiger partial charge in [0.05, 0.1) is 11.7 Å². The Hall–Kier alpha value is -1.28. The quantitative estimate of drug-likeness (QED) is 0.568. The van der Waals surface area contributed by atoms with Gasteiger partial charge in [-0.2, -0.15) is 0 Å². The van der Waals surface area contributed by atoms with Gasteiger partial charge in [-0.15, -0.1) is 16.4 Å². The molecule has 0 aliphatic heterocycles. The fourth-order valence-corrected chi connectivity index (χ4v) is 3.73. The summed E-state index contributed by atoms with van der Waals surface area (Å²) in [5.74, 6) is 5.75. The molecule has 5 nitrogen and oxygen atoms in total. The summed E-state index contributed by atoms with van der Waals surface area (Å²) in [6, 6.07) is 8.12. The smallest absolute Gasteiger partial charge is 0.153 e. The van der Waals surface area contributed by atoms with Crippen molar-refractivity contribution >= 4 is 37.4 Å². The van der Waals surface area contributed by atoms with Gasteiger partial charge in [0.2, 0.25) is 0 Å². The van der Waals surface area contributed by atoms with Crippen molar-refractivity contribution in [2.24, 2.45) is 12.9 Å². The molecule has 3 aromatic rings. The molecule has 3 rings (SSSR count). The Bertz CT molecular complexity index is 700. The van der Waals surface area contributed by atoms with Crippen LogP contribution < -0.4 is 11.3 Å². The molecule has 0 aliphatic rings. The van der Waals surface area contributed by atoms with Gasteiger partial charge >= 0.3 is 0 Å². The van der Waals surface area contributed by atoms with Crippen LogP contribution in [0.5, 0.6) is 0 Å². The van der Waals surface area contributed by atoms with Gasteiger partial charge in [-0.25, -0.2) is 10.1 Å². The fraction of sp³-hybridized carbons (Fsp3) is 0.167. The van der Waals surface area contributed by atoms with Crippen LogP contribution in [0.15, 0.2) is 34.2 Å². The first-order valence-electron chi connectivity index (χ1n) is 5.69. The van der Waals surface area contributed by atoms with Crippen LogP contribution in [-0.4, -0.2) is 15.0 Å². The van der Waals surface area contributed by atoms with Gasteiger partial charge in [0, 0.05) is 11.7 Å². The standard InChI is InChI=1S/C12H12BrN5S/c1-18-11(12(13)16-17-18)10(15-14)8-6-19-9-5-3-2-4-7(8)9/h2-6,10,15H,14H2,1H3. The lowest BCUT2D eigenvalue weighted by atomic mass is 10.0. The van der Waals surface area contributed by atoms with Crippen LogP contribution in [0.2, 0.25) is 0 Å². The van der Waals surface area contributed by atoms with E-state index < -0.39 is 0 Å². The van der Waals surface area contributed by atoms with Crippen molar-refractivity contribution in [2.45, 2.75) is 6.04 Å². The Balaban J connectivity index is 2.18. The zero-order valence-electron chi connectivity index (χ0n) is 10.2. The molecule has 0 saturated carbocycles. The predicted molar refractivity (Wildman–Crippen MR) is 79.7 cm³/mol. The Morgan fingerprint density at radius 3 is 2.89 bits per heavy atom. The summed E-state index contributed by atoms with van der Waals surface area (Å²) in [6.07, 6.45) is 0. The van der Waals surface area contributed by atoms with Gasteiger partial charge in [-0.1, -0.05) is 23.4 Å². The highest BCUT2D eigenvalue weighted by Crippen LogP contribution is 2.34. The molecule has 3 N–H and O–H groups in total. The molecule has 2 heterocycles. The number of nitrogens with two attached hydrogens (primary N) is 1. The molecule has 0 amide bonds. The van der Waals surface area contributed by atoms with E-state index in [0.717, 1.165) is 11.3 Å². The van der Waals surface area contributed by atoms with Crippen LogP contribution in [-0.2, 0) is 7.05 Å². The van der Waals surface area contributed by atoms with Crippen LogP contribution in [0.1, 0.15) is 17.3 Å². The minimum Gasteiger partial charge on any atom is -0.271 e. The van der Waals surface area contributed by atoms with Gasteiger partial charge < -0.3 is 0 Å². The molecular formula is C12H12BrN5S. The van der Waals surface area contributed by atoms with E-state index in [1.807, 2.05) is 19.2 Å².